The van der Waals surface area contributed by atoms with Gasteiger partial charge in [-0.15, -0.1) is 4.48 Å². The van der Waals surface area contributed by atoms with Crippen LogP contribution in [-0.4, -0.2) is 42.8 Å². The molecule has 0 aliphatic carbocycles. The maximum Gasteiger partial charge on any atom is 0.455 e. The fourth-order valence-electron chi connectivity index (χ4n) is 0.958. The van der Waals surface area contributed by atoms with Gasteiger partial charge in [-0.25, -0.2) is 0 Å². The molecule has 96 valence electrons. The summed E-state index contributed by atoms with van der Waals surface area (Å²) < 4.78 is 98.2. The van der Waals surface area contributed by atoms with Crippen molar-refractivity contribution >= 4 is 7.85 Å². The quantitative estimate of drug-likeness (QED) is 0.327. The molecule has 0 bridgehead atoms. The van der Waals surface area contributed by atoms with Crippen molar-refractivity contribution in [3.8, 4) is 0 Å². The Morgan fingerprint density at radius 2 is 1.65 bits per heavy atom. The van der Waals surface area contributed by atoms with Gasteiger partial charge in [0.05, 0.1) is 0 Å². The first kappa shape index (κ1) is 14.1. The van der Waals surface area contributed by atoms with Crippen LogP contribution in [0.3, 0.4) is 0 Å². The molecule has 1 aliphatic rings. The Balaban J connectivity index is 2.86. The summed E-state index contributed by atoms with van der Waals surface area (Å²) in [7, 11) is 4.58. The van der Waals surface area contributed by atoms with E-state index >= 15 is 0 Å². The van der Waals surface area contributed by atoms with Crippen LogP contribution in [0.25, 0.3) is 0 Å². The van der Waals surface area contributed by atoms with E-state index in [4.69, 9.17) is 0 Å². The van der Waals surface area contributed by atoms with E-state index in [1.54, 1.807) is 0 Å². The van der Waals surface area contributed by atoms with Crippen molar-refractivity contribution in [3.05, 3.63) is 11.7 Å². The van der Waals surface area contributed by atoms with Crippen LogP contribution in [0.15, 0.2) is 11.7 Å². The van der Waals surface area contributed by atoms with Crippen molar-refractivity contribution in [2.24, 2.45) is 0 Å². The molecular formula is C6H3BF8N2. The van der Waals surface area contributed by atoms with Gasteiger partial charge >= 0.3 is 18.1 Å². The summed E-state index contributed by atoms with van der Waals surface area (Å²) in [5.74, 6) is -5.35. The molecule has 2 nitrogen and oxygen atoms in total. The molecule has 0 N–H and O–H groups in total. The maximum absolute atomic E-state index is 12.7. The van der Waals surface area contributed by atoms with Crippen molar-refractivity contribution < 1.29 is 35.2 Å². The van der Waals surface area contributed by atoms with Gasteiger partial charge in [0.15, 0.2) is 0 Å². The second kappa shape index (κ2) is 3.75. The average molecular weight is 266 g/mol. The van der Waals surface area contributed by atoms with Crippen LogP contribution >= 0.6 is 0 Å². The van der Waals surface area contributed by atoms with Crippen molar-refractivity contribution in [1.82, 2.24) is 10.2 Å². The molecule has 0 saturated heterocycles. The molecule has 17 heavy (non-hydrogen) atoms. The normalized spacial score (nSPS) is 21.9. The zero-order valence-electron chi connectivity index (χ0n) is 7.78. The smallest absolute Gasteiger partial charge is 0.275 e. The van der Waals surface area contributed by atoms with Gasteiger partial charge in [0, 0.05) is 11.4 Å². The number of nitrogens with zero attached hydrogens (tertiary/aromatic N) is 2. The summed E-state index contributed by atoms with van der Waals surface area (Å²) in [5, 5.41) is -2.22. The first-order valence-corrected chi connectivity index (χ1v) is 3.92. The Bertz CT molecular complexity index is 337. The van der Waals surface area contributed by atoms with E-state index in [0.717, 1.165) is 0 Å². The van der Waals surface area contributed by atoms with Gasteiger partial charge in [-0.1, -0.05) is 0 Å². The third-order valence-electron chi connectivity index (χ3n) is 1.87. The molecule has 1 rings (SSSR count). The predicted molar refractivity (Wildman–Crippen MR) is 39.4 cm³/mol. The molecule has 0 aromatic heterocycles. The van der Waals surface area contributed by atoms with E-state index in [1.165, 1.54) is 0 Å². The zero-order chi connectivity index (χ0) is 13.6. The summed E-state index contributed by atoms with van der Waals surface area (Å²) in [6.45, 7) is -2.33. The van der Waals surface area contributed by atoms with Crippen molar-refractivity contribution in [1.29, 1.82) is 0 Å². The highest BCUT2D eigenvalue weighted by Crippen LogP contribution is 2.40. The van der Waals surface area contributed by atoms with E-state index in [-0.39, 0.29) is 6.20 Å². The van der Waals surface area contributed by atoms with Crippen LogP contribution in [0.2, 0.25) is 0 Å². The first-order valence-electron chi connectivity index (χ1n) is 3.92. The maximum atomic E-state index is 12.7. The van der Waals surface area contributed by atoms with Crippen LogP contribution < -0.4 is 0 Å². The van der Waals surface area contributed by atoms with Crippen LogP contribution in [0, 0.1) is 0 Å². The minimum Gasteiger partial charge on any atom is -0.275 e. The van der Waals surface area contributed by atoms with Crippen molar-refractivity contribution in [2.75, 3.05) is 6.54 Å². The van der Waals surface area contributed by atoms with E-state index in [1.807, 2.05) is 0 Å². The predicted octanol–water partition coefficient (Wildman–Crippen LogP) is 2.20. The fourth-order valence-corrected chi connectivity index (χ4v) is 0.958. The Morgan fingerprint density at radius 3 is 1.94 bits per heavy atom. The molecular weight excluding hydrogens is 263 g/mol. The van der Waals surface area contributed by atoms with Crippen LogP contribution in [0.1, 0.15) is 0 Å². The number of rotatable bonds is 2. The lowest BCUT2D eigenvalue weighted by Gasteiger charge is -2.29. The van der Waals surface area contributed by atoms with Crippen LogP contribution in [0.4, 0.5) is 35.2 Å². The molecule has 2 radical (unpaired) electrons. The summed E-state index contributed by atoms with van der Waals surface area (Å²) >= 11 is 0. The summed E-state index contributed by atoms with van der Waals surface area (Å²) in [5.41, 5.74) is -1.47. The van der Waals surface area contributed by atoms with E-state index < -0.39 is 40.4 Å². The number of hydrogen-bond acceptors (Lipinski definition) is 2. The van der Waals surface area contributed by atoms with Gasteiger partial charge in [-0.05, 0) is 5.47 Å². The Morgan fingerprint density at radius 1 is 1.18 bits per heavy atom. The highest BCUT2D eigenvalue weighted by Gasteiger charge is 2.60. The molecule has 0 fully saturated rings. The lowest BCUT2D eigenvalue weighted by Crippen LogP contribution is -2.50. The minimum absolute atomic E-state index is 0.0281. The Kier molecular flexibility index (Phi) is 3.11. The van der Waals surface area contributed by atoms with Gasteiger partial charge < -0.3 is 0 Å². The molecule has 0 spiro atoms. The van der Waals surface area contributed by atoms with Gasteiger partial charge in [0.2, 0.25) is 0 Å². The topological polar surface area (TPSA) is 6.48 Å². The van der Waals surface area contributed by atoms with E-state index in [9.17, 15) is 35.2 Å². The monoisotopic (exact) mass is 266 g/mol. The second-order valence-corrected chi connectivity index (χ2v) is 3.19. The second-order valence-electron chi connectivity index (χ2n) is 3.19. The lowest BCUT2D eigenvalue weighted by molar-refractivity contribution is -0.327. The van der Waals surface area contributed by atoms with Gasteiger partial charge in [-0.2, -0.15) is 30.7 Å². The van der Waals surface area contributed by atoms with Crippen molar-refractivity contribution in [2.45, 2.75) is 18.1 Å². The van der Waals surface area contributed by atoms with Gasteiger partial charge in [-0.3, -0.25) is 5.01 Å². The van der Waals surface area contributed by atoms with Gasteiger partial charge in [0.25, 0.3) is 0 Å². The number of hydrogen-bond donors (Lipinski definition) is 0. The Hall–Kier alpha value is -0.995. The zero-order valence-corrected chi connectivity index (χ0v) is 7.78. The molecule has 0 saturated carbocycles. The van der Waals surface area contributed by atoms with E-state index in [0.29, 0.717) is 0 Å². The fraction of sp³-hybridized carbons (Fsp3) is 0.667. The standard InChI is InChI=1S/C6H3BF8N2/c7-3-1-16(17(15)5(3,10)11)2-4(8,9)6(12,13)14/h1H,2H2. The molecule has 11 heteroatoms. The molecule has 1 heterocycles. The average Bonchev–Trinajstić information content (AvgIpc) is 2.28. The first-order chi connectivity index (χ1) is 7.39. The highest BCUT2D eigenvalue weighted by atomic mass is 19.4. The third-order valence-corrected chi connectivity index (χ3v) is 1.87. The summed E-state index contributed by atoms with van der Waals surface area (Å²) in [4.78, 5) is 0. The highest BCUT2D eigenvalue weighted by molar-refractivity contribution is 6.22. The molecule has 0 aromatic carbocycles. The van der Waals surface area contributed by atoms with Crippen molar-refractivity contribution in [3.63, 3.8) is 0 Å². The summed E-state index contributed by atoms with van der Waals surface area (Å²) in [6.07, 6.45) is -6.01. The Labute approximate surface area is 90.8 Å². The molecule has 0 unspecified atom stereocenters. The number of hydrazine groups is 1. The molecule has 0 atom stereocenters. The number of halogens is 8. The summed E-state index contributed by atoms with van der Waals surface area (Å²) in [6, 6.07) is -4.44. The SMILES string of the molecule is [B]C1=CN(CC(F)(F)C(F)(F)F)N(F)C1(F)F. The van der Waals surface area contributed by atoms with Crippen LogP contribution in [-0.2, 0) is 0 Å². The number of alkyl halides is 7. The van der Waals surface area contributed by atoms with Gasteiger partial charge in [0.1, 0.15) is 14.4 Å². The largest absolute Gasteiger partial charge is 0.455 e. The van der Waals surface area contributed by atoms with Crippen LogP contribution in [0.5, 0.6) is 0 Å². The molecule has 0 aromatic rings. The third kappa shape index (κ3) is 2.33. The minimum atomic E-state index is -5.98. The van der Waals surface area contributed by atoms with E-state index in [2.05, 4.69) is 7.85 Å². The molecule has 1 aliphatic heterocycles. The lowest BCUT2D eigenvalue weighted by atomic mass is 9.96. The molecule has 0 amide bonds.